The van der Waals surface area contributed by atoms with Crippen LogP contribution in [0.25, 0.3) is 0 Å². The molecule has 2 rings (SSSR count). The predicted octanol–water partition coefficient (Wildman–Crippen LogP) is 1.81. The zero-order valence-electron chi connectivity index (χ0n) is 12.1. The highest BCUT2D eigenvalue weighted by Crippen LogP contribution is 2.18. The molecule has 112 valence electrons. The molecule has 1 aromatic rings. The molecule has 0 aliphatic carbocycles. The fourth-order valence-electron chi connectivity index (χ4n) is 2.57. The molecule has 1 heterocycles. The normalized spacial score (nSPS) is 20.6. The van der Waals surface area contributed by atoms with Gasteiger partial charge in [0.25, 0.3) is 0 Å². The highest BCUT2D eigenvalue weighted by Gasteiger charge is 2.16. The Morgan fingerprint density at radius 3 is 2.50 bits per heavy atom. The molecule has 0 bridgehead atoms. The van der Waals surface area contributed by atoms with Crippen LogP contribution >= 0.6 is 0 Å². The Kier molecular flexibility index (Phi) is 4.88. The first-order valence-corrected chi connectivity index (χ1v) is 8.82. The van der Waals surface area contributed by atoms with Gasteiger partial charge in [0, 0.05) is 24.5 Å². The Morgan fingerprint density at radius 2 is 1.90 bits per heavy atom. The second kappa shape index (κ2) is 6.45. The molecule has 0 spiro atoms. The number of anilines is 2. The molecule has 1 aliphatic heterocycles. The van der Waals surface area contributed by atoms with E-state index in [4.69, 9.17) is 0 Å². The third-order valence-corrected chi connectivity index (χ3v) is 4.11. The lowest BCUT2D eigenvalue weighted by molar-refractivity contribution is 0.217. The number of nitrogens with one attached hydrogen (secondary N) is 2. The number of rotatable bonds is 5. The molecule has 20 heavy (non-hydrogen) atoms. The van der Waals surface area contributed by atoms with Crippen molar-refractivity contribution in [1.29, 1.82) is 0 Å². The lowest BCUT2D eigenvalue weighted by Gasteiger charge is -2.30. The van der Waals surface area contributed by atoms with Crippen LogP contribution in [0.15, 0.2) is 24.3 Å². The Balaban J connectivity index is 1.84. The summed E-state index contributed by atoms with van der Waals surface area (Å²) in [5, 5.41) is 3.42. The van der Waals surface area contributed by atoms with E-state index in [1.807, 2.05) is 12.1 Å². The van der Waals surface area contributed by atoms with Gasteiger partial charge in [0.2, 0.25) is 10.0 Å². The van der Waals surface area contributed by atoms with Crippen LogP contribution in [0.5, 0.6) is 0 Å². The first-order valence-electron chi connectivity index (χ1n) is 6.93. The molecule has 1 saturated heterocycles. The molecule has 0 amide bonds. The summed E-state index contributed by atoms with van der Waals surface area (Å²) in [4.78, 5) is 2.37. The van der Waals surface area contributed by atoms with Crippen molar-refractivity contribution in [3.05, 3.63) is 24.3 Å². The molecule has 1 aromatic carbocycles. The molecule has 1 atom stereocenters. The second-order valence-corrected chi connectivity index (χ2v) is 7.35. The van der Waals surface area contributed by atoms with Crippen molar-refractivity contribution < 1.29 is 8.42 Å². The molecule has 0 saturated carbocycles. The van der Waals surface area contributed by atoms with Gasteiger partial charge in [-0.2, -0.15) is 0 Å². The minimum Gasteiger partial charge on any atom is -0.385 e. The summed E-state index contributed by atoms with van der Waals surface area (Å²) in [5.74, 6) is 0.683. The van der Waals surface area contributed by atoms with Crippen molar-refractivity contribution in [3.8, 4) is 0 Å². The van der Waals surface area contributed by atoms with Gasteiger partial charge in [-0.3, -0.25) is 4.72 Å². The van der Waals surface area contributed by atoms with Crippen LogP contribution in [0.3, 0.4) is 0 Å². The van der Waals surface area contributed by atoms with E-state index in [1.165, 1.54) is 19.4 Å². The van der Waals surface area contributed by atoms with E-state index in [-0.39, 0.29) is 0 Å². The van der Waals surface area contributed by atoms with E-state index in [0.717, 1.165) is 25.0 Å². The first-order chi connectivity index (χ1) is 9.42. The smallest absolute Gasteiger partial charge is 0.229 e. The van der Waals surface area contributed by atoms with Gasteiger partial charge in [-0.15, -0.1) is 0 Å². The number of hydrogen-bond donors (Lipinski definition) is 2. The summed E-state index contributed by atoms with van der Waals surface area (Å²) >= 11 is 0. The Morgan fingerprint density at radius 1 is 1.25 bits per heavy atom. The fourth-order valence-corrected chi connectivity index (χ4v) is 3.14. The third kappa shape index (κ3) is 5.02. The van der Waals surface area contributed by atoms with Gasteiger partial charge in [-0.1, -0.05) is 0 Å². The number of likely N-dealkylation sites (tertiary alicyclic amines) is 1. The van der Waals surface area contributed by atoms with Crippen LogP contribution in [-0.2, 0) is 10.0 Å². The molecule has 1 aliphatic rings. The Bertz CT molecular complexity index is 528. The largest absolute Gasteiger partial charge is 0.385 e. The molecule has 1 unspecified atom stereocenters. The second-order valence-electron chi connectivity index (χ2n) is 5.60. The number of nitrogens with zero attached hydrogens (tertiary/aromatic N) is 1. The van der Waals surface area contributed by atoms with Gasteiger partial charge >= 0.3 is 0 Å². The minimum absolute atomic E-state index is 0.593. The quantitative estimate of drug-likeness (QED) is 0.870. The number of sulfonamides is 1. The number of benzene rings is 1. The molecule has 0 radical (unpaired) electrons. The van der Waals surface area contributed by atoms with Gasteiger partial charge in [0.05, 0.1) is 6.26 Å². The van der Waals surface area contributed by atoms with Gasteiger partial charge in [0.15, 0.2) is 0 Å². The van der Waals surface area contributed by atoms with Gasteiger partial charge in [0.1, 0.15) is 0 Å². The summed E-state index contributed by atoms with van der Waals surface area (Å²) in [5.41, 5.74) is 1.62. The third-order valence-electron chi connectivity index (χ3n) is 3.51. The number of piperidine rings is 1. The minimum atomic E-state index is -3.20. The highest BCUT2D eigenvalue weighted by molar-refractivity contribution is 7.92. The highest BCUT2D eigenvalue weighted by atomic mass is 32.2. The molecular formula is C14H23N3O2S. The number of hydrogen-bond acceptors (Lipinski definition) is 4. The maximum Gasteiger partial charge on any atom is 0.229 e. The molecule has 5 nitrogen and oxygen atoms in total. The van der Waals surface area contributed by atoms with E-state index in [1.54, 1.807) is 12.1 Å². The van der Waals surface area contributed by atoms with Crippen molar-refractivity contribution in [3.63, 3.8) is 0 Å². The van der Waals surface area contributed by atoms with Crippen LogP contribution in [-0.4, -0.2) is 46.3 Å². The van der Waals surface area contributed by atoms with Gasteiger partial charge < -0.3 is 10.2 Å². The molecule has 2 N–H and O–H groups in total. The van der Waals surface area contributed by atoms with Crippen LogP contribution < -0.4 is 10.0 Å². The molecule has 1 fully saturated rings. The van der Waals surface area contributed by atoms with Crippen molar-refractivity contribution in [2.75, 3.05) is 43.0 Å². The van der Waals surface area contributed by atoms with Crippen LogP contribution in [0.4, 0.5) is 11.4 Å². The maximum atomic E-state index is 11.1. The predicted molar refractivity (Wildman–Crippen MR) is 83.6 cm³/mol. The van der Waals surface area contributed by atoms with Crippen LogP contribution in [0, 0.1) is 5.92 Å². The Hall–Kier alpha value is -1.27. The summed E-state index contributed by atoms with van der Waals surface area (Å²) in [6, 6.07) is 7.35. The SMILES string of the molecule is CN1CCCC(CNc2ccc(NS(C)(=O)=O)cc2)C1. The lowest BCUT2D eigenvalue weighted by Crippen LogP contribution is -2.35. The summed E-state index contributed by atoms with van der Waals surface area (Å²) in [6.45, 7) is 3.30. The average molecular weight is 297 g/mol. The van der Waals surface area contributed by atoms with Crippen LogP contribution in [0.2, 0.25) is 0 Å². The van der Waals surface area contributed by atoms with E-state index in [0.29, 0.717) is 11.6 Å². The van der Waals surface area contributed by atoms with Crippen molar-refractivity contribution >= 4 is 21.4 Å². The van der Waals surface area contributed by atoms with Gasteiger partial charge in [-0.05, 0) is 56.6 Å². The average Bonchev–Trinajstić information content (AvgIpc) is 2.36. The van der Waals surface area contributed by atoms with Crippen LogP contribution in [0.1, 0.15) is 12.8 Å². The summed E-state index contributed by atoms with van der Waals surface area (Å²) in [7, 11) is -1.04. The molecule has 0 aromatic heterocycles. The van der Waals surface area contributed by atoms with Gasteiger partial charge in [-0.25, -0.2) is 8.42 Å². The standard InChI is InChI=1S/C14H23N3O2S/c1-17-9-3-4-12(11-17)10-15-13-5-7-14(8-6-13)16-20(2,18)19/h5-8,12,15-16H,3-4,9-11H2,1-2H3. The zero-order valence-corrected chi connectivity index (χ0v) is 12.9. The van der Waals surface area contributed by atoms with E-state index < -0.39 is 10.0 Å². The molecular weight excluding hydrogens is 274 g/mol. The molecule has 6 heteroatoms. The summed E-state index contributed by atoms with van der Waals surface area (Å²) < 4.78 is 24.7. The van der Waals surface area contributed by atoms with Crippen molar-refractivity contribution in [1.82, 2.24) is 4.90 Å². The maximum absolute atomic E-state index is 11.1. The monoisotopic (exact) mass is 297 g/mol. The van der Waals surface area contributed by atoms with E-state index in [2.05, 4.69) is 22.0 Å². The fraction of sp³-hybridized carbons (Fsp3) is 0.571. The van der Waals surface area contributed by atoms with Crippen molar-refractivity contribution in [2.24, 2.45) is 5.92 Å². The van der Waals surface area contributed by atoms with E-state index in [9.17, 15) is 8.42 Å². The van der Waals surface area contributed by atoms with E-state index >= 15 is 0 Å². The lowest BCUT2D eigenvalue weighted by atomic mass is 9.98. The zero-order chi connectivity index (χ0) is 14.6. The first kappa shape index (κ1) is 15.1. The Labute approximate surface area is 121 Å². The summed E-state index contributed by atoms with van der Waals surface area (Å²) in [6.07, 6.45) is 3.68. The van der Waals surface area contributed by atoms with Crippen molar-refractivity contribution in [2.45, 2.75) is 12.8 Å². The topological polar surface area (TPSA) is 61.4 Å².